The Morgan fingerprint density at radius 3 is 2.59 bits per heavy atom. The topological polar surface area (TPSA) is 98.5 Å². The van der Waals surface area contributed by atoms with Crippen LogP contribution in [0.4, 0.5) is 10.7 Å². The van der Waals surface area contributed by atoms with E-state index in [2.05, 4.69) is 5.32 Å². The lowest BCUT2D eigenvalue weighted by Gasteiger charge is -2.11. The number of hydrogen-bond acceptors (Lipinski definition) is 6. The zero-order valence-corrected chi connectivity index (χ0v) is 15.5. The maximum absolute atomic E-state index is 12.3. The van der Waals surface area contributed by atoms with Gasteiger partial charge in [0.2, 0.25) is 5.91 Å². The number of ether oxygens (including phenoxy) is 1. The van der Waals surface area contributed by atoms with E-state index in [9.17, 15) is 19.7 Å². The highest BCUT2D eigenvalue weighted by Gasteiger charge is 2.26. The molecule has 0 radical (unpaired) electrons. The van der Waals surface area contributed by atoms with Crippen molar-refractivity contribution in [1.82, 2.24) is 0 Å². The molecule has 0 fully saturated rings. The van der Waals surface area contributed by atoms with Crippen molar-refractivity contribution in [3.63, 3.8) is 0 Å². The third-order valence-electron chi connectivity index (χ3n) is 4.33. The summed E-state index contributed by atoms with van der Waals surface area (Å²) in [5.41, 5.74) is 2.08. The van der Waals surface area contributed by atoms with Crippen LogP contribution in [0.15, 0.2) is 30.3 Å². The van der Waals surface area contributed by atoms with Gasteiger partial charge >= 0.3 is 5.97 Å². The number of rotatable bonds is 5. The van der Waals surface area contributed by atoms with Crippen LogP contribution in [0, 0.1) is 10.1 Å². The number of methoxy groups -OCH3 is 1. The van der Waals surface area contributed by atoms with Gasteiger partial charge in [-0.05, 0) is 55.0 Å². The van der Waals surface area contributed by atoms with E-state index in [4.69, 9.17) is 4.74 Å². The minimum Gasteiger partial charge on any atom is -0.465 e. The number of hydrogen-bond donors (Lipinski definition) is 1. The average molecular weight is 386 g/mol. The number of non-ortho nitro benzene ring substituents is 1. The fraction of sp³-hybridized carbons (Fsp3) is 0.263. The molecule has 1 aliphatic rings. The van der Waals surface area contributed by atoms with Crippen molar-refractivity contribution in [2.45, 2.75) is 25.7 Å². The molecule has 0 saturated carbocycles. The number of nitrogens with zero attached hydrogens (tertiary/aromatic N) is 1. The highest BCUT2D eigenvalue weighted by Crippen LogP contribution is 2.38. The van der Waals surface area contributed by atoms with Crippen molar-refractivity contribution in [3.05, 3.63) is 62.0 Å². The lowest BCUT2D eigenvalue weighted by atomic mass is 9.95. The highest BCUT2D eigenvalue weighted by atomic mass is 32.1. The van der Waals surface area contributed by atoms with Crippen molar-refractivity contribution >= 4 is 40.0 Å². The minimum atomic E-state index is -0.479. The molecule has 1 amide bonds. The normalized spacial score (nSPS) is 13.2. The number of fused-ring (bicyclic) bond motifs is 1. The van der Waals surface area contributed by atoms with Gasteiger partial charge in [0.25, 0.3) is 5.69 Å². The molecule has 1 aromatic carbocycles. The van der Waals surface area contributed by atoms with Gasteiger partial charge in [0, 0.05) is 23.1 Å². The number of nitro groups is 1. The van der Waals surface area contributed by atoms with Crippen molar-refractivity contribution in [1.29, 1.82) is 0 Å². The van der Waals surface area contributed by atoms with E-state index in [0.29, 0.717) is 16.1 Å². The summed E-state index contributed by atoms with van der Waals surface area (Å²) in [6.45, 7) is 0. The van der Waals surface area contributed by atoms with Crippen LogP contribution < -0.4 is 5.32 Å². The number of carbonyl (C=O) groups excluding carboxylic acids is 2. The van der Waals surface area contributed by atoms with Crippen LogP contribution in [0.2, 0.25) is 0 Å². The zero-order chi connectivity index (χ0) is 19.4. The van der Waals surface area contributed by atoms with E-state index in [1.54, 1.807) is 18.2 Å². The summed E-state index contributed by atoms with van der Waals surface area (Å²) >= 11 is 1.42. The number of nitrogens with one attached hydrogen (secondary N) is 1. The Morgan fingerprint density at radius 1 is 1.22 bits per heavy atom. The molecule has 8 heteroatoms. The summed E-state index contributed by atoms with van der Waals surface area (Å²) in [6.07, 6.45) is 6.69. The number of benzene rings is 1. The Morgan fingerprint density at radius 2 is 1.93 bits per heavy atom. The summed E-state index contributed by atoms with van der Waals surface area (Å²) in [5, 5.41) is 13.9. The van der Waals surface area contributed by atoms with Gasteiger partial charge in [0.1, 0.15) is 5.00 Å². The Balaban J connectivity index is 1.76. The lowest BCUT2D eigenvalue weighted by Crippen LogP contribution is -2.13. The van der Waals surface area contributed by atoms with Gasteiger partial charge in [-0.2, -0.15) is 0 Å². The van der Waals surface area contributed by atoms with E-state index < -0.39 is 10.9 Å². The van der Waals surface area contributed by atoms with Crippen LogP contribution in [0.1, 0.15) is 39.2 Å². The predicted octanol–water partition coefficient (Wildman–Crippen LogP) is 3.97. The zero-order valence-electron chi connectivity index (χ0n) is 14.7. The molecule has 0 aliphatic heterocycles. The quantitative estimate of drug-likeness (QED) is 0.363. The van der Waals surface area contributed by atoms with Gasteiger partial charge in [0.05, 0.1) is 17.6 Å². The standard InChI is InChI=1S/C19H18N2O5S/c1-26-19(23)17-14-4-2-3-5-15(14)27-18(17)20-16(22)11-8-12-6-9-13(10-7-12)21(24)25/h6-11H,2-5H2,1H3,(H,20,22)/b11-8+. The second-order valence-electron chi connectivity index (χ2n) is 6.08. The van der Waals surface area contributed by atoms with Crippen molar-refractivity contribution < 1.29 is 19.2 Å². The first-order valence-electron chi connectivity index (χ1n) is 8.46. The lowest BCUT2D eigenvalue weighted by molar-refractivity contribution is -0.384. The molecule has 1 aliphatic carbocycles. The van der Waals surface area contributed by atoms with Gasteiger partial charge in [-0.15, -0.1) is 11.3 Å². The van der Waals surface area contributed by atoms with Crippen molar-refractivity contribution in [3.8, 4) is 0 Å². The molecular weight excluding hydrogens is 368 g/mol. The monoisotopic (exact) mass is 386 g/mol. The molecule has 0 bridgehead atoms. The SMILES string of the molecule is COC(=O)c1c(NC(=O)/C=C/c2ccc([N+](=O)[O-])cc2)sc2c1CCCC2. The summed E-state index contributed by atoms with van der Waals surface area (Å²) in [4.78, 5) is 35.8. The number of carbonyl (C=O) groups is 2. The van der Waals surface area contributed by atoms with E-state index in [1.807, 2.05) is 0 Å². The van der Waals surface area contributed by atoms with Crippen molar-refractivity contribution in [2.24, 2.45) is 0 Å². The van der Waals surface area contributed by atoms with E-state index in [-0.39, 0.29) is 11.6 Å². The molecule has 140 valence electrons. The number of amides is 1. The molecule has 0 spiro atoms. The molecule has 0 unspecified atom stereocenters. The number of aryl methyl sites for hydroxylation is 1. The van der Waals surface area contributed by atoms with Crippen LogP contribution in [0.5, 0.6) is 0 Å². The molecule has 1 heterocycles. The Labute approximate surface area is 159 Å². The largest absolute Gasteiger partial charge is 0.465 e. The molecule has 2 aromatic rings. The summed E-state index contributed by atoms with van der Waals surface area (Å²) in [7, 11) is 1.33. The number of anilines is 1. The smallest absolute Gasteiger partial charge is 0.341 e. The van der Waals surface area contributed by atoms with Crippen molar-refractivity contribution in [2.75, 3.05) is 12.4 Å². The average Bonchev–Trinajstić information content (AvgIpc) is 3.03. The maximum Gasteiger partial charge on any atom is 0.341 e. The Hall–Kier alpha value is -3.00. The van der Waals surface area contributed by atoms with Crippen LogP contribution >= 0.6 is 11.3 Å². The van der Waals surface area contributed by atoms with Gasteiger partial charge in [0.15, 0.2) is 0 Å². The fourth-order valence-corrected chi connectivity index (χ4v) is 4.28. The first kappa shape index (κ1) is 18.8. The molecule has 3 rings (SSSR count). The number of nitro benzene ring substituents is 1. The summed E-state index contributed by atoms with van der Waals surface area (Å²) in [6, 6.07) is 5.87. The maximum atomic E-state index is 12.3. The van der Waals surface area contributed by atoms with Gasteiger partial charge in [-0.1, -0.05) is 0 Å². The van der Waals surface area contributed by atoms with Crippen LogP contribution in [0.25, 0.3) is 6.08 Å². The highest BCUT2D eigenvalue weighted by molar-refractivity contribution is 7.17. The van der Waals surface area contributed by atoms with E-state index in [0.717, 1.165) is 36.1 Å². The summed E-state index contributed by atoms with van der Waals surface area (Å²) in [5.74, 6) is -0.818. The second-order valence-corrected chi connectivity index (χ2v) is 7.18. The first-order valence-corrected chi connectivity index (χ1v) is 9.27. The third-order valence-corrected chi connectivity index (χ3v) is 5.54. The van der Waals surface area contributed by atoms with Crippen LogP contribution in [0.3, 0.4) is 0 Å². The third kappa shape index (κ3) is 4.22. The Bertz CT molecular complexity index is 915. The molecule has 27 heavy (non-hydrogen) atoms. The van der Waals surface area contributed by atoms with E-state index in [1.165, 1.54) is 36.7 Å². The minimum absolute atomic E-state index is 0.0107. The number of thiophene rings is 1. The molecule has 0 saturated heterocycles. The second kappa shape index (κ2) is 8.13. The molecule has 1 N–H and O–H groups in total. The molecule has 7 nitrogen and oxygen atoms in total. The fourth-order valence-electron chi connectivity index (χ4n) is 3.00. The molecular formula is C19H18N2O5S. The predicted molar refractivity (Wildman–Crippen MR) is 103 cm³/mol. The Kier molecular flexibility index (Phi) is 5.66. The van der Waals surface area contributed by atoms with Crippen LogP contribution in [-0.2, 0) is 22.4 Å². The van der Waals surface area contributed by atoms with Crippen LogP contribution in [-0.4, -0.2) is 23.9 Å². The van der Waals surface area contributed by atoms with E-state index >= 15 is 0 Å². The summed E-state index contributed by atoms with van der Waals surface area (Å²) < 4.78 is 4.89. The number of esters is 1. The molecule has 1 aromatic heterocycles. The van der Waals surface area contributed by atoms with Gasteiger partial charge in [-0.25, -0.2) is 4.79 Å². The molecule has 0 atom stereocenters. The first-order chi connectivity index (χ1) is 13.0. The van der Waals surface area contributed by atoms with Gasteiger partial charge in [-0.3, -0.25) is 14.9 Å². The van der Waals surface area contributed by atoms with Gasteiger partial charge < -0.3 is 10.1 Å².